The number of halogens is 2. The Bertz CT molecular complexity index is 834. The Labute approximate surface area is 142 Å². The van der Waals surface area contributed by atoms with E-state index in [1.807, 2.05) is 6.07 Å². The first kappa shape index (κ1) is 15.5. The van der Waals surface area contributed by atoms with Gasteiger partial charge < -0.3 is 4.74 Å². The lowest BCUT2D eigenvalue weighted by atomic mass is 10.2. The zero-order valence-electron chi connectivity index (χ0n) is 11.8. The van der Waals surface area contributed by atoms with E-state index in [9.17, 15) is 4.79 Å². The lowest BCUT2D eigenvalue weighted by Crippen LogP contribution is -2.05. The number of carbonyl (C=O) groups excluding carboxylic acids is 1. The quantitative estimate of drug-likeness (QED) is 0.671. The fourth-order valence-electron chi connectivity index (χ4n) is 1.94. The van der Waals surface area contributed by atoms with Gasteiger partial charge in [0.2, 0.25) is 0 Å². The molecule has 3 rings (SSSR count). The van der Waals surface area contributed by atoms with Crippen LogP contribution in [0.4, 0.5) is 0 Å². The van der Waals surface area contributed by atoms with Gasteiger partial charge in [-0.1, -0.05) is 46.6 Å². The molecule has 0 spiro atoms. The molecule has 1 aromatic heterocycles. The fourth-order valence-corrected chi connectivity index (χ4v) is 2.31. The lowest BCUT2D eigenvalue weighted by Gasteiger charge is -2.03. The van der Waals surface area contributed by atoms with Crippen molar-refractivity contribution in [1.29, 1.82) is 0 Å². The van der Waals surface area contributed by atoms with Crippen LogP contribution in [0.25, 0.3) is 5.69 Å². The number of aromatic nitrogens is 3. The van der Waals surface area contributed by atoms with Gasteiger partial charge in [0.05, 0.1) is 22.5 Å². The summed E-state index contributed by atoms with van der Waals surface area (Å²) in [4.78, 5) is 11.9. The number of benzene rings is 2. The van der Waals surface area contributed by atoms with Gasteiger partial charge >= 0.3 is 5.97 Å². The van der Waals surface area contributed by atoms with Gasteiger partial charge in [0.15, 0.2) is 0 Å². The molecule has 0 saturated carbocycles. The van der Waals surface area contributed by atoms with Crippen molar-refractivity contribution in [2.45, 2.75) is 6.61 Å². The van der Waals surface area contributed by atoms with E-state index in [0.717, 1.165) is 0 Å². The van der Waals surface area contributed by atoms with Crippen LogP contribution in [0.2, 0.25) is 10.0 Å². The molecule has 0 aliphatic carbocycles. The van der Waals surface area contributed by atoms with E-state index in [4.69, 9.17) is 27.9 Å². The molecule has 7 heteroatoms. The molecule has 0 N–H and O–H groups in total. The molecular formula is C16H11Cl2N3O2. The minimum atomic E-state index is -0.416. The summed E-state index contributed by atoms with van der Waals surface area (Å²) in [6.07, 6.45) is 1.63. The van der Waals surface area contributed by atoms with Crippen LogP contribution >= 0.6 is 23.2 Å². The molecule has 116 valence electrons. The van der Waals surface area contributed by atoms with E-state index in [0.29, 0.717) is 27.0 Å². The lowest BCUT2D eigenvalue weighted by molar-refractivity contribution is 0.0467. The van der Waals surface area contributed by atoms with Crippen molar-refractivity contribution in [3.8, 4) is 5.69 Å². The van der Waals surface area contributed by atoms with Crippen molar-refractivity contribution in [3.63, 3.8) is 0 Å². The van der Waals surface area contributed by atoms with Crippen LogP contribution in [0.1, 0.15) is 16.1 Å². The summed E-state index contributed by atoms with van der Waals surface area (Å²) in [7, 11) is 0. The Morgan fingerprint density at radius 2 is 1.91 bits per heavy atom. The summed E-state index contributed by atoms with van der Waals surface area (Å²) in [5.41, 5.74) is 1.59. The van der Waals surface area contributed by atoms with Gasteiger partial charge in [-0.3, -0.25) is 0 Å². The first-order valence-corrected chi connectivity index (χ1v) is 7.48. The molecule has 0 unspecified atom stereocenters. The van der Waals surface area contributed by atoms with E-state index in [1.165, 1.54) is 4.68 Å². The van der Waals surface area contributed by atoms with Crippen molar-refractivity contribution < 1.29 is 9.53 Å². The van der Waals surface area contributed by atoms with Gasteiger partial charge in [-0.2, -0.15) is 0 Å². The first-order valence-electron chi connectivity index (χ1n) is 6.72. The monoisotopic (exact) mass is 347 g/mol. The normalized spacial score (nSPS) is 10.5. The van der Waals surface area contributed by atoms with E-state index < -0.39 is 5.97 Å². The van der Waals surface area contributed by atoms with Crippen LogP contribution in [0.3, 0.4) is 0 Å². The second-order valence-electron chi connectivity index (χ2n) is 4.69. The molecule has 0 bridgehead atoms. The molecule has 0 aliphatic heterocycles. The Morgan fingerprint density at radius 1 is 1.13 bits per heavy atom. The topological polar surface area (TPSA) is 57.0 Å². The maximum atomic E-state index is 11.9. The highest BCUT2D eigenvalue weighted by Gasteiger charge is 2.10. The summed E-state index contributed by atoms with van der Waals surface area (Å²) < 4.78 is 6.69. The van der Waals surface area contributed by atoms with Crippen LogP contribution in [-0.4, -0.2) is 21.0 Å². The Hall–Kier alpha value is -2.37. The molecule has 23 heavy (non-hydrogen) atoms. The number of carbonyl (C=O) groups is 1. The zero-order chi connectivity index (χ0) is 16.2. The number of nitrogens with zero attached hydrogens (tertiary/aromatic N) is 3. The third-order valence-corrected chi connectivity index (χ3v) is 3.61. The molecule has 2 aromatic carbocycles. The molecule has 0 radical (unpaired) electrons. The van der Waals surface area contributed by atoms with E-state index >= 15 is 0 Å². The molecule has 0 atom stereocenters. The highest BCUT2D eigenvalue weighted by Crippen LogP contribution is 2.23. The second kappa shape index (κ2) is 6.81. The second-order valence-corrected chi connectivity index (χ2v) is 5.54. The standard InChI is InChI=1S/C16H11Cl2N3O2/c17-12-6-7-14(18)15(8-12)21-9-13(19-20-21)10-23-16(22)11-4-2-1-3-5-11/h1-9H,10H2. The third kappa shape index (κ3) is 3.70. The Balaban J connectivity index is 1.70. The van der Waals surface area contributed by atoms with E-state index in [-0.39, 0.29) is 6.61 Å². The summed E-state index contributed by atoms with van der Waals surface area (Å²) in [6, 6.07) is 13.8. The molecule has 1 heterocycles. The van der Waals surface area contributed by atoms with Gasteiger partial charge in [-0.15, -0.1) is 5.10 Å². The molecular weight excluding hydrogens is 337 g/mol. The SMILES string of the molecule is O=C(OCc1cn(-c2cc(Cl)ccc2Cl)nn1)c1ccccc1. The van der Waals surface area contributed by atoms with Crippen LogP contribution in [0, 0.1) is 0 Å². The molecule has 0 saturated heterocycles. The van der Waals surface area contributed by atoms with Crippen LogP contribution in [0.15, 0.2) is 54.7 Å². The Morgan fingerprint density at radius 3 is 2.70 bits per heavy atom. The maximum absolute atomic E-state index is 11.9. The number of ether oxygens (including phenoxy) is 1. The highest BCUT2D eigenvalue weighted by molar-refractivity contribution is 6.34. The largest absolute Gasteiger partial charge is 0.455 e. The number of hydrogen-bond donors (Lipinski definition) is 0. The summed E-state index contributed by atoms with van der Waals surface area (Å²) >= 11 is 12.1. The molecule has 3 aromatic rings. The average molecular weight is 348 g/mol. The van der Waals surface area contributed by atoms with Crippen molar-refractivity contribution >= 4 is 29.2 Å². The predicted octanol–water partition coefficient (Wildman–Crippen LogP) is 3.93. The maximum Gasteiger partial charge on any atom is 0.338 e. The molecule has 0 fully saturated rings. The zero-order valence-corrected chi connectivity index (χ0v) is 13.3. The van der Waals surface area contributed by atoms with Gasteiger partial charge in [-0.05, 0) is 30.3 Å². The summed E-state index contributed by atoms with van der Waals surface area (Å²) in [5.74, 6) is -0.416. The van der Waals surface area contributed by atoms with Crippen molar-refractivity contribution in [1.82, 2.24) is 15.0 Å². The minimum absolute atomic E-state index is 0.0198. The molecule has 5 nitrogen and oxygen atoms in total. The van der Waals surface area contributed by atoms with E-state index in [1.54, 1.807) is 48.7 Å². The summed E-state index contributed by atoms with van der Waals surface area (Å²) in [5, 5.41) is 8.97. The number of hydrogen-bond acceptors (Lipinski definition) is 4. The van der Waals surface area contributed by atoms with Crippen molar-refractivity contribution in [2.75, 3.05) is 0 Å². The third-order valence-electron chi connectivity index (χ3n) is 3.06. The van der Waals surface area contributed by atoms with Gasteiger partial charge in [0.25, 0.3) is 0 Å². The predicted molar refractivity (Wildman–Crippen MR) is 86.9 cm³/mol. The first-order chi connectivity index (χ1) is 11.1. The summed E-state index contributed by atoms with van der Waals surface area (Å²) in [6.45, 7) is 0.0198. The van der Waals surface area contributed by atoms with E-state index in [2.05, 4.69) is 10.3 Å². The average Bonchev–Trinajstić information content (AvgIpc) is 3.04. The molecule has 0 amide bonds. The van der Waals surface area contributed by atoms with Gasteiger partial charge in [0, 0.05) is 5.02 Å². The minimum Gasteiger partial charge on any atom is -0.455 e. The van der Waals surface area contributed by atoms with Crippen LogP contribution in [0.5, 0.6) is 0 Å². The van der Waals surface area contributed by atoms with Crippen LogP contribution < -0.4 is 0 Å². The van der Waals surface area contributed by atoms with Crippen LogP contribution in [-0.2, 0) is 11.3 Å². The fraction of sp³-hybridized carbons (Fsp3) is 0.0625. The number of rotatable bonds is 4. The molecule has 0 aliphatic rings. The van der Waals surface area contributed by atoms with Crippen molar-refractivity contribution in [2.24, 2.45) is 0 Å². The Kier molecular flexibility index (Phi) is 4.60. The number of esters is 1. The van der Waals surface area contributed by atoms with Gasteiger partial charge in [0.1, 0.15) is 12.3 Å². The van der Waals surface area contributed by atoms with Crippen molar-refractivity contribution in [3.05, 3.63) is 76.0 Å². The van der Waals surface area contributed by atoms with Gasteiger partial charge in [-0.25, -0.2) is 9.48 Å². The smallest absolute Gasteiger partial charge is 0.338 e. The highest BCUT2D eigenvalue weighted by atomic mass is 35.5.